The maximum Gasteiger partial charge on any atom is 0.312 e. The minimum atomic E-state index is -0.631. The number of nitrogens with two attached hydrogens (primary N) is 2. The van der Waals surface area contributed by atoms with Crippen LogP contribution in [0.3, 0.4) is 0 Å². The fourth-order valence-electron chi connectivity index (χ4n) is 3.70. The third-order valence-electron chi connectivity index (χ3n) is 5.11. The lowest BCUT2D eigenvalue weighted by Gasteiger charge is -2.38. The number of rotatable bonds is 7. The molecule has 0 saturated carbocycles. The van der Waals surface area contributed by atoms with Crippen molar-refractivity contribution < 1.29 is 9.59 Å². The standard InChI is InChI=1S/C20H29N7O2.ClH/c1-13(2)16-18-24-17(14-7-4-3-5-8-14)25-27(18)12-11-26(16)19(28)15(21)9-6-10-23-20(22)29;/h3-5,7-8,13,15-16H,6,9-12,21H2,1-2H3,(H3,22,23,29);1H/t15-,16-;/m0./s1. The van der Waals surface area contributed by atoms with Crippen molar-refractivity contribution in [3.05, 3.63) is 36.2 Å². The number of carbonyl (C=O) groups is 2. The summed E-state index contributed by atoms with van der Waals surface area (Å²) in [5.41, 5.74) is 12.2. The van der Waals surface area contributed by atoms with Crippen LogP contribution in [0.25, 0.3) is 11.4 Å². The molecule has 30 heavy (non-hydrogen) atoms. The van der Waals surface area contributed by atoms with Crippen molar-refractivity contribution in [2.75, 3.05) is 13.1 Å². The number of carbonyl (C=O) groups excluding carboxylic acids is 2. The van der Waals surface area contributed by atoms with E-state index in [4.69, 9.17) is 16.5 Å². The van der Waals surface area contributed by atoms with E-state index in [1.165, 1.54) is 0 Å². The number of urea groups is 1. The Morgan fingerprint density at radius 2 is 1.93 bits per heavy atom. The maximum absolute atomic E-state index is 13.1. The Morgan fingerprint density at radius 3 is 2.57 bits per heavy atom. The van der Waals surface area contributed by atoms with Crippen LogP contribution in [0.5, 0.6) is 0 Å². The topological polar surface area (TPSA) is 132 Å². The largest absolute Gasteiger partial charge is 0.352 e. The molecule has 164 valence electrons. The van der Waals surface area contributed by atoms with E-state index in [1.54, 1.807) is 0 Å². The molecule has 0 bridgehead atoms. The van der Waals surface area contributed by atoms with Gasteiger partial charge in [0.1, 0.15) is 0 Å². The molecular weight excluding hydrogens is 406 g/mol. The van der Waals surface area contributed by atoms with Crippen LogP contribution in [0.1, 0.15) is 38.6 Å². The van der Waals surface area contributed by atoms with Crippen molar-refractivity contribution >= 4 is 24.3 Å². The highest BCUT2D eigenvalue weighted by Gasteiger charge is 2.37. The van der Waals surface area contributed by atoms with Gasteiger partial charge < -0.3 is 21.7 Å². The Labute approximate surface area is 182 Å². The second-order valence-electron chi connectivity index (χ2n) is 7.64. The molecule has 0 aliphatic carbocycles. The molecule has 2 heterocycles. The second kappa shape index (κ2) is 10.4. The summed E-state index contributed by atoms with van der Waals surface area (Å²) >= 11 is 0. The lowest BCUT2D eigenvalue weighted by atomic mass is 9.98. The number of hydrogen-bond donors (Lipinski definition) is 3. The number of aromatic nitrogens is 3. The quantitative estimate of drug-likeness (QED) is 0.569. The summed E-state index contributed by atoms with van der Waals surface area (Å²) in [7, 11) is 0. The lowest BCUT2D eigenvalue weighted by Crippen LogP contribution is -2.51. The number of nitrogens with one attached hydrogen (secondary N) is 1. The average Bonchev–Trinajstić information content (AvgIpc) is 3.14. The van der Waals surface area contributed by atoms with Crippen LogP contribution < -0.4 is 16.8 Å². The van der Waals surface area contributed by atoms with Crippen molar-refractivity contribution in [3.63, 3.8) is 0 Å². The molecular formula is C20H30ClN7O2. The molecule has 0 saturated heterocycles. The zero-order valence-corrected chi connectivity index (χ0v) is 18.1. The number of fused-ring (bicyclic) bond motifs is 1. The molecule has 1 aromatic carbocycles. The van der Waals surface area contributed by atoms with Gasteiger partial charge in [0.2, 0.25) is 5.91 Å². The highest BCUT2D eigenvalue weighted by atomic mass is 35.5. The molecule has 1 aliphatic heterocycles. The summed E-state index contributed by atoms with van der Waals surface area (Å²) in [6.45, 7) is 5.66. The van der Waals surface area contributed by atoms with Gasteiger partial charge in [-0.1, -0.05) is 44.2 Å². The minimum Gasteiger partial charge on any atom is -0.352 e. The second-order valence-corrected chi connectivity index (χ2v) is 7.64. The maximum atomic E-state index is 13.1. The van der Waals surface area contributed by atoms with Gasteiger partial charge in [0.15, 0.2) is 11.6 Å². The third kappa shape index (κ3) is 5.28. The molecule has 1 aromatic heterocycles. The molecule has 3 amide bonds. The number of nitrogens with zero attached hydrogens (tertiary/aromatic N) is 4. The van der Waals surface area contributed by atoms with Crippen LogP contribution in [-0.4, -0.2) is 50.7 Å². The van der Waals surface area contributed by atoms with Gasteiger partial charge >= 0.3 is 6.03 Å². The molecule has 1 aliphatic rings. The molecule has 9 nitrogen and oxygen atoms in total. The smallest absolute Gasteiger partial charge is 0.312 e. The van der Waals surface area contributed by atoms with E-state index >= 15 is 0 Å². The van der Waals surface area contributed by atoms with Crippen LogP contribution in [0.15, 0.2) is 30.3 Å². The summed E-state index contributed by atoms with van der Waals surface area (Å²) < 4.78 is 1.90. The van der Waals surface area contributed by atoms with Crippen molar-refractivity contribution in [2.24, 2.45) is 17.4 Å². The molecule has 10 heteroatoms. The Morgan fingerprint density at radius 1 is 1.23 bits per heavy atom. The summed E-state index contributed by atoms with van der Waals surface area (Å²) in [5.74, 6) is 1.52. The van der Waals surface area contributed by atoms with Crippen LogP contribution in [-0.2, 0) is 11.3 Å². The fraction of sp³-hybridized carbons (Fsp3) is 0.500. The van der Waals surface area contributed by atoms with Gasteiger partial charge in [-0.15, -0.1) is 12.4 Å². The molecule has 0 unspecified atom stereocenters. The number of amides is 3. The predicted octanol–water partition coefficient (Wildman–Crippen LogP) is 1.68. The number of primary amides is 1. The van der Waals surface area contributed by atoms with E-state index in [2.05, 4.69) is 24.3 Å². The summed E-state index contributed by atoms with van der Waals surface area (Å²) in [4.78, 5) is 30.4. The normalized spacial score (nSPS) is 16.5. The Balaban J connectivity index is 0.00000320. The molecule has 2 atom stereocenters. The average molecular weight is 436 g/mol. The zero-order chi connectivity index (χ0) is 21.0. The van der Waals surface area contributed by atoms with Gasteiger partial charge in [-0.25, -0.2) is 14.5 Å². The molecule has 2 aromatic rings. The van der Waals surface area contributed by atoms with Crippen LogP contribution in [0.2, 0.25) is 0 Å². The number of hydrogen-bond acceptors (Lipinski definition) is 5. The first-order valence-corrected chi connectivity index (χ1v) is 9.98. The van der Waals surface area contributed by atoms with Crippen molar-refractivity contribution in [3.8, 4) is 11.4 Å². The number of benzene rings is 1. The van der Waals surface area contributed by atoms with Gasteiger partial charge in [-0.2, -0.15) is 5.10 Å². The van der Waals surface area contributed by atoms with Gasteiger partial charge in [0.05, 0.1) is 18.6 Å². The highest BCUT2D eigenvalue weighted by molar-refractivity contribution is 5.85. The minimum absolute atomic E-state index is 0. The van der Waals surface area contributed by atoms with E-state index in [-0.39, 0.29) is 30.3 Å². The first-order valence-electron chi connectivity index (χ1n) is 9.98. The summed E-state index contributed by atoms with van der Waals surface area (Å²) in [5, 5.41) is 7.17. The lowest BCUT2D eigenvalue weighted by molar-refractivity contribution is -0.137. The van der Waals surface area contributed by atoms with Crippen LogP contribution in [0, 0.1) is 5.92 Å². The Kier molecular flexibility index (Phi) is 8.19. The first-order chi connectivity index (χ1) is 13.9. The Bertz CT molecular complexity index is 856. The molecule has 5 N–H and O–H groups in total. The molecule has 0 radical (unpaired) electrons. The number of halogens is 1. The van der Waals surface area contributed by atoms with Crippen molar-refractivity contribution in [2.45, 2.75) is 45.3 Å². The molecule has 0 spiro atoms. The van der Waals surface area contributed by atoms with Gasteiger partial charge in [-0.3, -0.25) is 4.79 Å². The van der Waals surface area contributed by atoms with E-state index in [0.29, 0.717) is 38.3 Å². The summed E-state index contributed by atoms with van der Waals surface area (Å²) in [6, 6.07) is 8.43. The van der Waals surface area contributed by atoms with Crippen LogP contribution >= 0.6 is 12.4 Å². The summed E-state index contributed by atoms with van der Waals surface area (Å²) in [6.07, 6.45) is 1.06. The van der Waals surface area contributed by atoms with Gasteiger partial charge in [0, 0.05) is 18.7 Å². The SMILES string of the molecule is CC(C)[C@H]1c2nc(-c3ccccc3)nn2CCN1C(=O)[C@@H](N)CCCNC(N)=O.Cl. The Hall–Kier alpha value is -2.65. The highest BCUT2D eigenvalue weighted by Crippen LogP contribution is 2.32. The zero-order valence-electron chi connectivity index (χ0n) is 17.3. The monoisotopic (exact) mass is 435 g/mol. The van der Waals surface area contributed by atoms with Crippen molar-refractivity contribution in [1.82, 2.24) is 25.0 Å². The van der Waals surface area contributed by atoms with E-state index in [9.17, 15) is 9.59 Å². The molecule has 3 rings (SSSR count). The van der Waals surface area contributed by atoms with Crippen LogP contribution in [0.4, 0.5) is 4.79 Å². The first kappa shape index (κ1) is 23.6. The van der Waals surface area contributed by atoms with E-state index in [0.717, 1.165) is 11.4 Å². The fourth-order valence-corrected chi connectivity index (χ4v) is 3.70. The van der Waals surface area contributed by atoms with Gasteiger partial charge in [-0.05, 0) is 18.8 Å². The third-order valence-corrected chi connectivity index (χ3v) is 5.11. The predicted molar refractivity (Wildman–Crippen MR) is 117 cm³/mol. The van der Waals surface area contributed by atoms with Gasteiger partial charge in [0.25, 0.3) is 0 Å². The van der Waals surface area contributed by atoms with E-state index in [1.807, 2.05) is 39.9 Å². The van der Waals surface area contributed by atoms with E-state index < -0.39 is 12.1 Å². The molecule has 0 fully saturated rings. The van der Waals surface area contributed by atoms with Crippen molar-refractivity contribution in [1.29, 1.82) is 0 Å².